The van der Waals surface area contributed by atoms with Crippen LogP contribution in [-0.2, 0) is 16.0 Å². The second-order valence-corrected chi connectivity index (χ2v) is 9.44. The van der Waals surface area contributed by atoms with Gasteiger partial charge in [-0.05, 0) is 57.0 Å². The molecule has 3 heterocycles. The average Bonchev–Trinajstić information content (AvgIpc) is 3.31. The fourth-order valence-corrected chi connectivity index (χ4v) is 4.92. The zero-order valence-corrected chi connectivity index (χ0v) is 21.4. The minimum absolute atomic E-state index is 0.109. The summed E-state index contributed by atoms with van der Waals surface area (Å²) in [5, 5.41) is 3.26. The number of H-pyrrole nitrogens is 1. The Labute approximate surface area is 215 Å². The van der Waals surface area contributed by atoms with E-state index in [1.807, 2.05) is 64.1 Å². The van der Waals surface area contributed by atoms with Crippen molar-refractivity contribution < 1.29 is 14.2 Å². The maximum Gasteiger partial charge on any atom is 0.331 e. The lowest BCUT2D eigenvalue weighted by molar-refractivity contribution is -0.577. The molecule has 0 bridgehead atoms. The number of benzene rings is 2. The average molecular weight is 494 g/mol. The molecule has 37 heavy (non-hydrogen) atoms. The summed E-state index contributed by atoms with van der Waals surface area (Å²) in [4.78, 5) is 43.1. The molecule has 0 saturated heterocycles. The standard InChI is InChI=1S/C30H28N4O3/c1-5-10-23-25(29(36)34(31-23)24-15-14-19(2)17-21(24)4)26-27(32-16-9-11-20(3)18-32)30(37)33(28(26)35)22-12-7-6-8-13-22/h6-9,11-18H,5,10H2,1-4H3/p+1. The number of nitrogens with zero attached hydrogens (tertiary/aromatic N) is 3. The van der Waals surface area contributed by atoms with Crippen LogP contribution in [0.15, 0.2) is 77.9 Å². The molecule has 0 saturated carbocycles. The topological polar surface area (TPSA) is 79.1 Å². The van der Waals surface area contributed by atoms with Crippen LogP contribution in [0.5, 0.6) is 0 Å². The second-order valence-electron chi connectivity index (χ2n) is 9.44. The smallest absolute Gasteiger partial charge is 0.294 e. The number of aryl methyl sites for hydroxylation is 4. The van der Waals surface area contributed by atoms with E-state index in [1.165, 1.54) is 4.68 Å². The molecule has 186 valence electrons. The zero-order chi connectivity index (χ0) is 26.3. The van der Waals surface area contributed by atoms with Gasteiger partial charge >= 0.3 is 5.91 Å². The molecule has 2 aromatic heterocycles. The second kappa shape index (κ2) is 9.50. The lowest BCUT2D eigenvalue weighted by Crippen LogP contribution is -2.39. The third-order valence-electron chi connectivity index (χ3n) is 6.59. The first-order valence-electron chi connectivity index (χ1n) is 12.4. The summed E-state index contributed by atoms with van der Waals surface area (Å²) >= 11 is 0. The normalized spacial score (nSPS) is 13.7. The first-order valence-corrected chi connectivity index (χ1v) is 12.4. The molecule has 7 nitrogen and oxygen atoms in total. The molecule has 5 rings (SSSR count). The Balaban J connectivity index is 1.80. The highest BCUT2D eigenvalue weighted by atomic mass is 16.2. The first kappa shape index (κ1) is 24.2. The van der Waals surface area contributed by atoms with Crippen molar-refractivity contribution in [2.45, 2.75) is 40.5 Å². The molecule has 1 aliphatic heterocycles. The van der Waals surface area contributed by atoms with Crippen LogP contribution in [0.2, 0.25) is 0 Å². The van der Waals surface area contributed by atoms with E-state index in [0.29, 0.717) is 23.5 Å². The maximum atomic E-state index is 14.0. The Morgan fingerprint density at radius 2 is 1.62 bits per heavy atom. The number of para-hydroxylation sites is 1. The lowest BCUT2D eigenvalue weighted by atomic mass is 10.0. The van der Waals surface area contributed by atoms with Gasteiger partial charge in [0.15, 0.2) is 12.4 Å². The Morgan fingerprint density at radius 1 is 0.865 bits per heavy atom. The van der Waals surface area contributed by atoms with Crippen molar-refractivity contribution >= 4 is 28.8 Å². The van der Waals surface area contributed by atoms with Gasteiger partial charge in [0.2, 0.25) is 0 Å². The number of hydrogen-bond donors (Lipinski definition) is 1. The van der Waals surface area contributed by atoms with Crippen LogP contribution in [0.25, 0.3) is 17.0 Å². The van der Waals surface area contributed by atoms with Gasteiger partial charge < -0.3 is 0 Å². The molecule has 7 heteroatoms. The summed E-state index contributed by atoms with van der Waals surface area (Å²) in [6.07, 6.45) is 4.83. The van der Waals surface area contributed by atoms with E-state index < -0.39 is 11.8 Å². The molecule has 2 aromatic carbocycles. The zero-order valence-electron chi connectivity index (χ0n) is 21.4. The number of anilines is 1. The maximum absolute atomic E-state index is 14.0. The van der Waals surface area contributed by atoms with E-state index >= 15 is 0 Å². The van der Waals surface area contributed by atoms with Crippen LogP contribution in [0, 0.1) is 20.8 Å². The van der Waals surface area contributed by atoms with Crippen LogP contribution in [0.3, 0.4) is 0 Å². The summed E-state index contributed by atoms with van der Waals surface area (Å²) in [5.74, 6) is -0.982. The molecule has 0 spiro atoms. The molecule has 0 atom stereocenters. The molecular weight excluding hydrogens is 464 g/mol. The fraction of sp³-hybridized carbons (Fsp3) is 0.200. The number of carbonyl (C=O) groups excluding carboxylic acids is 2. The van der Waals surface area contributed by atoms with Crippen LogP contribution in [-0.4, -0.2) is 21.6 Å². The SMILES string of the molecule is CCCc1[nH]n(-c2ccc(C)cc2C)c(=O)c1C1=C([n+]2cccc(C)c2)C(=O)N(c2ccccc2)C1=O. The van der Waals surface area contributed by atoms with Gasteiger partial charge in [-0.25, -0.2) is 9.58 Å². The molecule has 1 aliphatic rings. The van der Waals surface area contributed by atoms with Gasteiger partial charge in [0.05, 0.1) is 16.9 Å². The summed E-state index contributed by atoms with van der Waals surface area (Å²) in [6.45, 7) is 7.88. The summed E-state index contributed by atoms with van der Waals surface area (Å²) < 4.78 is 3.14. The van der Waals surface area contributed by atoms with E-state index in [9.17, 15) is 14.4 Å². The van der Waals surface area contributed by atoms with Gasteiger partial charge in [0, 0.05) is 17.3 Å². The Kier molecular flexibility index (Phi) is 6.21. The predicted octanol–water partition coefficient (Wildman–Crippen LogP) is 4.27. The summed E-state index contributed by atoms with van der Waals surface area (Å²) in [6, 6.07) is 18.4. The molecule has 1 N–H and O–H groups in total. The predicted molar refractivity (Wildman–Crippen MR) is 143 cm³/mol. The number of amides is 2. The van der Waals surface area contributed by atoms with Crippen LogP contribution in [0.4, 0.5) is 5.69 Å². The van der Waals surface area contributed by atoms with E-state index in [1.54, 1.807) is 41.2 Å². The molecule has 0 radical (unpaired) electrons. The van der Waals surface area contributed by atoms with Crippen LogP contribution in [0.1, 0.15) is 41.3 Å². The largest absolute Gasteiger partial charge is 0.331 e. The number of carbonyl (C=O) groups is 2. The van der Waals surface area contributed by atoms with Crippen molar-refractivity contribution in [3.63, 3.8) is 0 Å². The van der Waals surface area contributed by atoms with Crippen LogP contribution < -0.4 is 15.0 Å². The van der Waals surface area contributed by atoms with Crippen molar-refractivity contribution in [3.8, 4) is 5.69 Å². The quantitative estimate of drug-likeness (QED) is 0.322. The van der Waals surface area contributed by atoms with Gasteiger partial charge in [-0.2, -0.15) is 4.57 Å². The minimum Gasteiger partial charge on any atom is -0.294 e. The third-order valence-corrected chi connectivity index (χ3v) is 6.59. The van der Waals surface area contributed by atoms with E-state index in [-0.39, 0.29) is 22.4 Å². The van der Waals surface area contributed by atoms with Gasteiger partial charge in [-0.3, -0.25) is 19.5 Å². The van der Waals surface area contributed by atoms with Crippen molar-refractivity contribution in [1.29, 1.82) is 0 Å². The number of hydrogen-bond acceptors (Lipinski definition) is 3. The van der Waals surface area contributed by atoms with Crippen molar-refractivity contribution in [1.82, 2.24) is 9.78 Å². The number of aromatic nitrogens is 3. The van der Waals surface area contributed by atoms with Gasteiger partial charge in [-0.15, -0.1) is 0 Å². The highest BCUT2D eigenvalue weighted by Gasteiger charge is 2.48. The summed E-state index contributed by atoms with van der Waals surface area (Å²) in [7, 11) is 0. The Bertz CT molecular complexity index is 1630. The number of aromatic amines is 1. The van der Waals surface area contributed by atoms with E-state index in [0.717, 1.165) is 28.0 Å². The number of rotatable bonds is 6. The lowest BCUT2D eigenvalue weighted by Gasteiger charge is -2.13. The van der Waals surface area contributed by atoms with E-state index in [2.05, 4.69) is 5.10 Å². The van der Waals surface area contributed by atoms with Crippen LogP contribution >= 0.6 is 0 Å². The third kappa shape index (κ3) is 4.12. The number of pyridine rings is 1. The van der Waals surface area contributed by atoms with Crippen molar-refractivity contribution in [3.05, 3.63) is 111 Å². The summed E-state index contributed by atoms with van der Waals surface area (Å²) in [5.41, 5.74) is 4.89. The monoisotopic (exact) mass is 493 g/mol. The molecule has 0 unspecified atom stereocenters. The number of nitrogens with one attached hydrogen (secondary N) is 1. The highest BCUT2D eigenvalue weighted by molar-refractivity contribution is 6.53. The molecule has 2 amide bonds. The molecular formula is C30H29N4O3+. The Hall–Kier alpha value is -4.52. The Morgan fingerprint density at radius 3 is 2.30 bits per heavy atom. The van der Waals surface area contributed by atoms with Gasteiger partial charge in [0.1, 0.15) is 5.57 Å². The van der Waals surface area contributed by atoms with Gasteiger partial charge in [0.25, 0.3) is 17.2 Å². The van der Waals surface area contributed by atoms with Crippen molar-refractivity contribution in [2.24, 2.45) is 0 Å². The highest BCUT2D eigenvalue weighted by Crippen LogP contribution is 2.33. The van der Waals surface area contributed by atoms with E-state index in [4.69, 9.17) is 0 Å². The molecule has 4 aromatic rings. The molecule has 0 fully saturated rings. The minimum atomic E-state index is -0.513. The first-order chi connectivity index (χ1) is 17.8. The molecule has 0 aliphatic carbocycles. The number of imide groups is 1. The fourth-order valence-electron chi connectivity index (χ4n) is 4.92. The van der Waals surface area contributed by atoms with Crippen molar-refractivity contribution in [2.75, 3.05) is 4.90 Å². The van der Waals surface area contributed by atoms with Gasteiger partial charge in [-0.1, -0.05) is 49.2 Å².